The third-order valence-corrected chi connectivity index (χ3v) is 3.32. The Morgan fingerprint density at radius 2 is 1.67 bits per heavy atom. The van der Waals surface area contributed by atoms with Crippen molar-refractivity contribution in [3.05, 3.63) is 54.1 Å². The molecule has 0 fully saturated rings. The summed E-state index contributed by atoms with van der Waals surface area (Å²) in [5.74, 6) is 0.319. The average molecular weight is 329 g/mol. The molecule has 6 nitrogen and oxygen atoms in total. The Morgan fingerprint density at radius 3 is 2.29 bits per heavy atom. The Labute approximate surface area is 140 Å². The number of carbonyl (C=O) groups excluding carboxylic acids is 2. The van der Waals surface area contributed by atoms with Crippen LogP contribution in [-0.2, 0) is 9.53 Å². The van der Waals surface area contributed by atoms with E-state index in [-0.39, 0.29) is 5.91 Å². The molecule has 2 rings (SSSR count). The highest BCUT2D eigenvalue weighted by molar-refractivity contribution is 6.05. The summed E-state index contributed by atoms with van der Waals surface area (Å²) in [5.41, 5.74) is 1.05. The summed E-state index contributed by atoms with van der Waals surface area (Å²) in [5, 5.41) is 2.79. The Hall–Kier alpha value is -3.02. The van der Waals surface area contributed by atoms with Gasteiger partial charge in [0.25, 0.3) is 5.91 Å². The molecule has 126 valence electrons. The van der Waals surface area contributed by atoms with Crippen molar-refractivity contribution in [1.29, 1.82) is 0 Å². The summed E-state index contributed by atoms with van der Waals surface area (Å²) in [4.78, 5) is 23.6. The molecule has 0 unspecified atom stereocenters. The topological polar surface area (TPSA) is 73.9 Å². The predicted molar refractivity (Wildman–Crippen MR) is 89.5 cm³/mol. The van der Waals surface area contributed by atoms with E-state index in [1.165, 1.54) is 7.11 Å². The number of ether oxygens (including phenoxy) is 3. The molecule has 0 saturated carbocycles. The number of benzene rings is 2. The van der Waals surface area contributed by atoms with Gasteiger partial charge in [-0.3, -0.25) is 4.79 Å². The van der Waals surface area contributed by atoms with Crippen molar-refractivity contribution in [1.82, 2.24) is 0 Å². The Balaban J connectivity index is 2.05. The summed E-state index contributed by atoms with van der Waals surface area (Å²) in [6.07, 6.45) is -0.719. The molecule has 1 amide bonds. The van der Waals surface area contributed by atoms with Gasteiger partial charge in [0, 0.05) is 5.56 Å². The highest BCUT2D eigenvalue weighted by atomic mass is 16.6. The van der Waals surface area contributed by atoms with E-state index < -0.39 is 12.1 Å². The molecular formula is C18H19NO5. The number of hydrogen-bond acceptors (Lipinski definition) is 5. The Bertz CT molecular complexity index is 712. The van der Waals surface area contributed by atoms with E-state index in [2.05, 4.69) is 10.1 Å². The summed E-state index contributed by atoms with van der Waals surface area (Å²) in [7, 11) is 2.84. The first-order chi connectivity index (χ1) is 11.5. The first-order valence-corrected chi connectivity index (χ1v) is 7.34. The summed E-state index contributed by atoms with van der Waals surface area (Å²) >= 11 is 0. The van der Waals surface area contributed by atoms with Gasteiger partial charge in [0.2, 0.25) is 0 Å². The normalized spacial score (nSPS) is 11.3. The van der Waals surface area contributed by atoms with E-state index in [0.717, 1.165) is 0 Å². The highest BCUT2D eigenvalue weighted by Crippen LogP contribution is 2.24. The van der Waals surface area contributed by atoms with Crippen LogP contribution in [0.25, 0.3) is 0 Å². The van der Waals surface area contributed by atoms with E-state index in [9.17, 15) is 9.59 Å². The lowest BCUT2D eigenvalue weighted by Gasteiger charge is -2.13. The second-order valence-electron chi connectivity index (χ2n) is 4.96. The van der Waals surface area contributed by atoms with Gasteiger partial charge in [0.1, 0.15) is 11.5 Å². The molecule has 0 aromatic heterocycles. The average Bonchev–Trinajstić information content (AvgIpc) is 2.61. The zero-order chi connectivity index (χ0) is 17.5. The number of carbonyl (C=O) groups is 2. The van der Waals surface area contributed by atoms with Crippen LogP contribution in [0.15, 0.2) is 48.5 Å². The van der Waals surface area contributed by atoms with Gasteiger partial charge in [0.15, 0.2) is 6.10 Å². The summed E-state index contributed by atoms with van der Waals surface area (Å²) < 4.78 is 15.2. The van der Waals surface area contributed by atoms with Gasteiger partial charge < -0.3 is 19.5 Å². The fourth-order valence-corrected chi connectivity index (χ4v) is 2.05. The smallest absolute Gasteiger partial charge is 0.346 e. The van der Waals surface area contributed by atoms with Crippen LogP contribution in [0.3, 0.4) is 0 Å². The largest absolute Gasteiger partial charge is 0.495 e. The molecular weight excluding hydrogens is 310 g/mol. The fourth-order valence-electron chi connectivity index (χ4n) is 2.05. The molecule has 24 heavy (non-hydrogen) atoms. The predicted octanol–water partition coefficient (Wildman–Crippen LogP) is 2.89. The van der Waals surface area contributed by atoms with Gasteiger partial charge in [-0.2, -0.15) is 0 Å². The molecule has 0 radical (unpaired) electrons. The molecule has 2 aromatic carbocycles. The second-order valence-corrected chi connectivity index (χ2v) is 4.96. The van der Waals surface area contributed by atoms with Crippen molar-refractivity contribution in [2.75, 3.05) is 19.5 Å². The Kier molecular flexibility index (Phi) is 5.78. The van der Waals surface area contributed by atoms with Crippen molar-refractivity contribution in [3.63, 3.8) is 0 Å². The molecule has 0 saturated heterocycles. The van der Waals surface area contributed by atoms with Crippen molar-refractivity contribution in [2.24, 2.45) is 0 Å². The second kappa shape index (κ2) is 8.01. The molecule has 1 atom stereocenters. The minimum absolute atomic E-state index is 0.271. The zero-order valence-corrected chi connectivity index (χ0v) is 13.7. The van der Waals surface area contributed by atoms with E-state index in [1.807, 2.05) is 12.1 Å². The molecule has 6 heteroatoms. The third-order valence-electron chi connectivity index (χ3n) is 3.32. The molecule has 0 bridgehead atoms. The summed E-state index contributed by atoms with van der Waals surface area (Å²) in [6.45, 7) is 1.59. The van der Waals surface area contributed by atoms with E-state index >= 15 is 0 Å². The molecule has 0 heterocycles. The first kappa shape index (κ1) is 17.3. The maximum atomic E-state index is 12.3. The third kappa shape index (κ3) is 4.25. The number of rotatable bonds is 6. The SMILES string of the molecule is COC(=O)[C@H](C)Oc1ccc(C(=O)Nc2ccccc2OC)cc1. The molecule has 0 aliphatic heterocycles. The van der Waals surface area contributed by atoms with Gasteiger partial charge in [-0.15, -0.1) is 0 Å². The van der Waals surface area contributed by atoms with Gasteiger partial charge in [0.05, 0.1) is 19.9 Å². The molecule has 0 spiro atoms. The van der Waals surface area contributed by atoms with E-state index in [4.69, 9.17) is 9.47 Å². The minimum Gasteiger partial charge on any atom is -0.495 e. The monoisotopic (exact) mass is 329 g/mol. The van der Waals surface area contributed by atoms with Crippen molar-refractivity contribution >= 4 is 17.6 Å². The quantitative estimate of drug-likeness (QED) is 0.825. The standard InChI is InChI=1S/C18H19NO5/c1-12(18(21)23-3)24-14-10-8-13(9-11-14)17(20)19-15-6-4-5-7-16(15)22-2/h4-12H,1-3H3,(H,19,20)/t12-/m0/s1. The molecule has 2 aromatic rings. The molecule has 0 aliphatic rings. The lowest BCUT2D eigenvalue weighted by atomic mass is 10.2. The van der Waals surface area contributed by atoms with Gasteiger partial charge in [-0.25, -0.2) is 4.79 Å². The number of anilines is 1. The van der Waals surface area contributed by atoms with Crippen LogP contribution in [0.5, 0.6) is 11.5 Å². The van der Waals surface area contributed by atoms with Gasteiger partial charge in [-0.05, 0) is 43.3 Å². The minimum atomic E-state index is -0.719. The van der Waals surface area contributed by atoms with Crippen molar-refractivity contribution in [3.8, 4) is 11.5 Å². The van der Waals surface area contributed by atoms with Crippen LogP contribution in [-0.4, -0.2) is 32.2 Å². The van der Waals surface area contributed by atoms with Crippen molar-refractivity contribution < 1.29 is 23.8 Å². The zero-order valence-electron chi connectivity index (χ0n) is 13.7. The van der Waals surface area contributed by atoms with Crippen LogP contribution >= 0.6 is 0 Å². The number of para-hydroxylation sites is 2. The number of methoxy groups -OCH3 is 2. The van der Waals surface area contributed by atoms with Crippen LogP contribution in [0, 0.1) is 0 Å². The number of nitrogens with one attached hydrogen (secondary N) is 1. The van der Waals surface area contributed by atoms with Gasteiger partial charge in [-0.1, -0.05) is 12.1 Å². The fraction of sp³-hybridized carbons (Fsp3) is 0.222. The van der Waals surface area contributed by atoms with E-state index in [1.54, 1.807) is 50.4 Å². The number of amides is 1. The lowest BCUT2D eigenvalue weighted by molar-refractivity contribution is -0.147. The molecule has 0 aliphatic carbocycles. The summed E-state index contributed by atoms with van der Waals surface area (Å²) in [6, 6.07) is 13.6. The number of esters is 1. The maximum absolute atomic E-state index is 12.3. The van der Waals surface area contributed by atoms with Crippen LogP contribution in [0.2, 0.25) is 0 Å². The Morgan fingerprint density at radius 1 is 1.00 bits per heavy atom. The lowest BCUT2D eigenvalue weighted by Crippen LogP contribution is -2.24. The van der Waals surface area contributed by atoms with Crippen LogP contribution in [0.1, 0.15) is 17.3 Å². The van der Waals surface area contributed by atoms with E-state index in [0.29, 0.717) is 22.7 Å². The van der Waals surface area contributed by atoms with Gasteiger partial charge >= 0.3 is 5.97 Å². The van der Waals surface area contributed by atoms with Crippen LogP contribution < -0.4 is 14.8 Å². The first-order valence-electron chi connectivity index (χ1n) is 7.34. The number of hydrogen-bond donors (Lipinski definition) is 1. The highest BCUT2D eigenvalue weighted by Gasteiger charge is 2.15. The maximum Gasteiger partial charge on any atom is 0.346 e. The molecule has 1 N–H and O–H groups in total. The van der Waals surface area contributed by atoms with Crippen molar-refractivity contribution in [2.45, 2.75) is 13.0 Å². The van der Waals surface area contributed by atoms with Crippen LogP contribution in [0.4, 0.5) is 5.69 Å².